The molecule has 2 aliphatic rings. The molecule has 1 heterocycles. The summed E-state index contributed by atoms with van der Waals surface area (Å²) in [5.41, 5.74) is -0.453. The normalized spacial score (nSPS) is 20.1. The van der Waals surface area contributed by atoms with Crippen LogP contribution in [0.3, 0.4) is 0 Å². The third-order valence-corrected chi connectivity index (χ3v) is 5.82. The maximum Gasteiger partial charge on any atom is 0.435 e. The summed E-state index contributed by atoms with van der Waals surface area (Å²) in [7, 11) is 0. The molecule has 12 heteroatoms. The van der Waals surface area contributed by atoms with Crippen LogP contribution >= 0.6 is 0 Å². The van der Waals surface area contributed by atoms with E-state index in [0.717, 1.165) is 0 Å². The van der Waals surface area contributed by atoms with Crippen LogP contribution in [0.4, 0.5) is 26.3 Å². The van der Waals surface area contributed by atoms with E-state index in [2.05, 4.69) is 10.5 Å². The molecule has 0 unspecified atom stereocenters. The number of nitrogens with zero attached hydrogens (tertiary/aromatic N) is 1. The zero-order valence-electron chi connectivity index (χ0n) is 20.2. The van der Waals surface area contributed by atoms with Gasteiger partial charge in [0.1, 0.15) is 6.54 Å². The van der Waals surface area contributed by atoms with Gasteiger partial charge in [0.15, 0.2) is 0 Å². The van der Waals surface area contributed by atoms with E-state index in [1.54, 1.807) is 38.2 Å². The predicted molar refractivity (Wildman–Crippen MR) is 123 cm³/mol. The van der Waals surface area contributed by atoms with Crippen LogP contribution < -0.4 is 10.6 Å². The minimum atomic E-state index is -4.76. The van der Waals surface area contributed by atoms with Gasteiger partial charge in [0.2, 0.25) is 5.91 Å². The first-order chi connectivity index (χ1) is 17.1. The lowest BCUT2D eigenvalue weighted by Gasteiger charge is -2.30. The Bertz CT molecular complexity index is 1190. The number of carbonyl (C=O) groups excluding carboxylic acids is 2. The van der Waals surface area contributed by atoms with Crippen LogP contribution in [0.5, 0.6) is 0 Å². The number of rotatable bonds is 6. The first kappa shape index (κ1) is 28.0. The lowest BCUT2D eigenvalue weighted by atomic mass is 9.84. The fraction of sp³-hybridized carbons (Fsp3) is 0.400. The van der Waals surface area contributed by atoms with Crippen LogP contribution in [0, 0.1) is 13.8 Å². The van der Waals surface area contributed by atoms with Gasteiger partial charge < -0.3 is 15.5 Å². The molecule has 0 aromatic heterocycles. The van der Waals surface area contributed by atoms with Gasteiger partial charge in [-0.2, -0.15) is 26.3 Å². The van der Waals surface area contributed by atoms with Gasteiger partial charge in [-0.25, -0.2) is 0 Å². The summed E-state index contributed by atoms with van der Waals surface area (Å²) in [6.45, 7) is 2.72. The molecular weight excluding hydrogens is 504 g/mol. The molecule has 0 saturated heterocycles. The second-order valence-electron chi connectivity index (χ2n) is 8.95. The van der Waals surface area contributed by atoms with Gasteiger partial charge in [0.25, 0.3) is 11.5 Å². The van der Waals surface area contributed by atoms with Crippen LogP contribution in [-0.2, 0) is 20.0 Å². The first-order valence-corrected chi connectivity index (χ1v) is 11.2. The summed E-state index contributed by atoms with van der Waals surface area (Å²) in [5.74, 6) is -1.75. The molecule has 0 radical (unpaired) electrons. The van der Waals surface area contributed by atoms with Crippen molar-refractivity contribution in [1.29, 1.82) is 0 Å². The highest BCUT2D eigenvalue weighted by atomic mass is 19.4. The average Bonchev–Trinajstić information content (AvgIpc) is 3.15. The highest BCUT2D eigenvalue weighted by Crippen LogP contribution is 2.49. The number of halogens is 6. The first-order valence-electron chi connectivity index (χ1n) is 11.2. The standard InChI is InChI=1S/C25H25F6N3O3/c1-14-7-15(2)9-18(8-14)23(25(29,30)31)11-20(34-37-23)17-5-4-6-19(16(3)10-17)22(36)32-12-21(35)33-13-24(26,27)28/h4,6-10H,5,11-13H2,1-3H3,(H,32,36)(H,33,35)/t23-/m0/s1. The van der Waals surface area contributed by atoms with Gasteiger partial charge in [-0.1, -0.05) is 52.7 Å². The van der Waals surface area contributed by atoms with Crippen molar-refractivity contribution in [2.45, 2.75) is 51.6 Å². The summed E-state index contributed by atoms with van der Waals surface area (Å²) >= 11 is 0. The summed E-state index contributed by atoms with van der Waals surface area (Å²) in [4.78, 5) is 29.2. The maximum atomic E-state index is 14.3. The molecule has 3 rings (SSSR count). The monoisotopic (exact) mass is 529 g/mol. The Morgan fingerprint density at radius 2 is 1.68 bits per heavy atom. The van der Waals surface area contributed by atoms with Crippen LogP contribution in [0.15, 0.2) is 58.3 Å². The highest BCUT2D eigenvalue weighted by Gasteiger charge is 2.62. The molecule has 0 fully saturated rings. The molecule has 2 amide bonds. The maximum absolute atomic E-state index is 14.3. The molecule has 1 aliphatic carbocycles. The number of alkyl halides is 6. The molecule has 0 saturated carbocycles. The van der Waals surface area contributed by atoms with E-state index < -0.39 is 49.3 Å². The molecule has 0 bridgehead atoms. The number of benzene rings is 1. The summed E-state index contributed by atoms with van der Waals surface area (Å²) in [6.07, 6.45) is -5.26. The summed E-state index contributed by atoms with van der Waals surface area (Å²) in [5, 5.41) is 7.67. The number of aryl methyl sites for hydroxylation is 2. The van der Waals surface area contributed by atoms with Gasteiger partial charge in [0.05, 0.1) is 12.3 Å². The Hall–Kier alpha value is -3.57. The molecule has 2 N–H and O–H groups in total. The van der Waals surface area contributed by atoms with Gasteiger partial charge >= 0.3 is 12.4 Å². The molecule has 1 aliphatic heterocycles. The van der Waals surface area contributed by atoms with E-state index in [0.29, 0.717) is 22.3 Å². The molecule has 1 atom stereocenters. The fourth-order valence-electron chi connectivity index (χ4n) is 4.09. The number of amides is 2. The smallest absolute Gasteiger partial charge is 0.374 e. The number of nitrogens with one attached hydrogen (secondary N) is 2. The number of carbonyl (C=O) groups is 2. The Labute approximate surface area is 209 Å². The zero-order valence-corrected chi connectivity index (χ0v) is 20.2. The SMILES string of the molecule is CC1=C(C(=O)NCC(=O)NCC(F)(F)F)C=CCC(C2=NO[C@@](c3cc(C)cc(C)c3)(C(F)(F)F)C2)=C1. The van der Waals surface area contributed by atoms with Gasteiger partial charge in [0, 0.05) is 17.6 Å². The second kappa shape index (κ2) is 10.4. The minimum Gasteiger partial charge on any atom is -0.374 e. The van der Waals surface area contributed by atoms with Crippen molar-refractivity contribution in [2.24, 2.45) is 5.16 Å². The molecule has 6 nitrogen and oxygen atoms in total. The van der Waals surface area contributed by atoms with Gasteiger partial charge in [-0.05, 0) is 38.3 Å². The van der Waals surface area contributed by atoms with Crippen molar-refractivity contribution in [3.63, 3.8) is 0 Å². The quantitative estimate of drug-likeness (QED) is 0.518. The van der Waals surface area contributed by atoms with E-state index in [1.165, 1.54) is 24.3 Å². The van der Waals surface area contributed by atoms with Crippen LogP contribution in [0.1, 0.15) is 36.5 Å². The average molecular weight is 529 g/mol. The number of hydrogen-bond acceptors (Lipinski definition) is 4. The van der Waals surface area contributed by atoms with Crippen molar-refractivity contribution < 1.29 is 40.8 Å². The van der Waals surface area contributed by atoms with E-state index in [1.807, 2.05) is 0 Å². The van der Waals surface area contributed by atoms with Crippen molar-refractivity contribution in [3.05, 3.63) is 69.8 Å². The Kier molecular flexibility index (Phi) is 7.89. The number of hydrogen-bond donors (Lipinski definition) is 2. The third kappa shape index (κ3) is 6.60. The molecule has 200 valence electrons. The van der Waals surface area contributed by atoms with Crippen molar-refractivity contribution in [3.8, 4) is 0 Å². The molecule has 1 aromatic carbocycles. The predicted octanol–water partition coefficient (Wildman–Crippen LogP) is 4.83. The van der Waals surface area contributed by atoms with Crippen LogP contribution in [-0.4, -0.2) is 43.0 Å². The van der Waals surface area contributed by atoms with Crippen LogP contribution in [0.2, 0.25) is 0 Å². The second-order valence-corrected chi connectivity index (χ2v) is 8.95. The number of allylic oxidation sites excluding steroid dienone is 4. The zero-order chi connectivity index (χ0) is 27.6. The number of oxime groups is 1. The van der Waals surface area contributed by atoms with E-state index >= 15 is 0 Å². The minimum absolute atomic E-state index is 0.0582. The van der Waals surface area contributed by atoms with E-state index in [9.17, 15) is 35.9 Å². The molecular formula is C25H25F6N3O3. The van der Waals surface area contributed by atoms with Gasteiger partial charge in [-0.3, -0.25) is 9.59 Å². The largest absolute Gasteiger partial charge is 0.435 e. The summed E-state index contributed by atoms with van der Waals surface area (Å²) < 4.78 is 79.6. The lowest BCUT2D eigenvalue weighted by Crippen LogP contribution is -2.42. The third-order valence-electron chi connectivity index (χ3n) is 5.82. The van der Waals surface area contributed by atoms with Crippen molar-refractivity contribution in [1.82, 2.24) is 10.6 Å². The van der Waals surface area contributed by atoms with E-state index in [4.69, 9.17) is 4.84 Å². The Morgan fingerprint density at radius 1 is 1.03 bits per heavy atom. The van der Waals surface area contributed by atoms with Crippen LogP contribution in [0.25, 0.3) is 0 Å². The van der Waals surface area contributed by atoms with Gasteiger partial charge in [-0.15, -0.1) is 0 Å². The van der Waals surface area contributed by atoms with Crippen molar-refractivity contribution >= 4 is 17.5 Å². The molecule has 1 aromatic rings. The molecule has 0 spiro atoms. The Morgan fingerprint density at radius 3 is 2.27 bits per heavy atom. The molecule has 37 heavy (non-hydrogen) atoms. The van der Waals surface area contributed by atoms with E-state index in [-0.39, 0.29) is 23.3 Å². The fourth-order valence-corrected chi connectivity index (χ4v) is 4.09. The van der Waals surface area contributed by atoms with Crippen molar-refractivity contribution in [2.75, 3.05) is 13.1 Å². The summed E-state index contributed by atoms with van der Waals surface area (Å²) in [6, 6.07) is 4.58. The highest BCUT2D eigenvalue weighted by molar-refractivity contribution is 6.04. The Balaban J connectivity index is 1.78. The lowest BCUT2D eigenvalue weighted by molar-refractivity contribution is -0.275. The topological polar surface area (TPSA) is 79.8 Å².